The van der Waals surface area contributed by atoms with Crippen molar-refractivity contribution in [1.82, 2.24) is 9.97 Å². The van der Waals surface area contributed by atoms with Gasteiger partial charge in [-0.2, -0.15) is 0 Å². The molecule has 2 N–H and O–H groups in total. The Hall–Kier alpha value is -2.99. The molecule has 5 nitrogen and oxygen atoms in total. The van der Waals surface area contributed by atoms with E-state index in [1.807, 2.05) is 0 Å². The molecule has 0 fully saturated rings. The predicted octanol–water partition coefficient (Wildman–Crippen LogP) is 5.27. The number of carbonyl (C=O) groups excluding carboxylic acids is 1. The number of aromatic nitrogens is 2. The van der Waals surface area contributed by atoms with Gasteiger partial charge >= 0.3 is 0 Å². The molecule has 3 aromatic rings. The summed E-state index contributed by atoms with van der Waals surface area (Å²) in [7, 11) is 0. The van der Waals surface area contributed by atoms with Gasteiger partial charge in [-0.3, -0.25) is 4.79 Å². The van der Waals surface area contributed by atoms with Crippen LogP contribution in [0.3, 0.4) is 0 Å². The van der Waals surface area contributed by atoms with Crippen molar-refractivity contribution in [3.63, 3.8) is 0 Å². The first-order valence-corrected chi connectivity index (χ1v) is 8.24. The summed E-state index contributed by atoms with van der Waals surface area (Å²) in [5.41, 5.74) is 2.06. The van der Waals surface area contributed by atoms with Crippen molar-refractivity contribution in [2.24, 2.45) is 0 Å². The highest BCUT2D eigenvalue weighted by Gasteiger charge is 2.06. The van der Waals surface area contributed by atoms with Gasteiger partial charge in [0.2, 0.25) is 0 Å². The van der Waals surface area contributed by atoms with Crippen LogP contribution >= 0.6 is 11.6 Å². The van der Waals surface area contributed by atoms with Gasteiger partial charge in [0.1, 0.15) is 23.3 Å². The Morgan fingerprint density at radius 3 is 2.12 bits per heavy atom. The Morgan fingerprint density at radius 1 is 0.962 bits per heavy atom. The molecule has 132 valence electrons. The van der Waals surface area contributed by atoms with Crippen molar-refractivity contribution in [2.45, 2.75) is 13.8 Å². The summed E-state index contributed by atoms with van der Waals surface area (Å²) in [5, 5.41) is 6.28. The lowest BCUT2D eigenvalue weighted by atomic mass is 10.1. The Balaban J connectivity index is 1.80. The Bertz CT molecular complexity index is 960. The molecule has 0 saturated heterocycles. The summed E-state index contributed by atoms with van der Waals surface area (Å²) < 4.78 is 13.3. The second-order valence-corrected chi connectivity index (χ2v) is 6.11. The van der Waals surface area contributed by atoms with Gasteiger partial charge in [-0.1, -0.05) is 11.6 Å². The van der Waals surface area contributed by atoms with Crippen LogP contribution in [-0.2, 0) is 0 Å². The second kappa shape index (κ2) is 7.49. The van der Waals surface area contributed by atoms with Crippen molar-refractivity contribution < 1.29 is 9.18 Å². The van der Waals surface area contributed by atoms with Gasteiger partial charge in [-0.25, -0.2) is 14.4 Å². The molecule has 0 unspecified atom stereocenters. The normalized spacial score (nSPS) is 10.5. The minimum Gasteiger partial charge on any atom is -0.340 e. The molecule has 0 bridgehead atoms. The summed E-state index contributed by atoms with van der Waals surface area (Å²) in [6, 6.07) is 13.2. The van der Waals surface area contributed by atoms with Crippen molar-refractivity contribution in [1.29, 1.82) is 0 Å². The van der Waals surface area contributed by atoms with Gasteiger partial charge in [-0.05, 0) is 56.3 Å². The third-order valence-electron chi connectivity index (χ3n) is 3.59. The van der Waals surface area contributed by atoms with Gasteiger partial charge in [0.15, 0.2) is 5.78 Å². The fourth-order valence-corrected chi connectivity index (χ4v) is 2.53. The number of ketones is 1. The maximum Gasteiger partial charge on any atom is 0.159 e. The Kier molecular flexibility index (Phi) is 5.14. The quantitative estimate of drug-likeness (QED) is 0.599. The van der Waals surface area contributed by atoms with Crippen LogP contribution in [0.2, 0.25) is 5.02 Å². The number of aryl methyl sites for hydroxylation is 1. The van der Waals surface area contributed by atoms with Gasteiger partial charge < -0.3 is 10.6 Å². The average molecular weight is 371 g/mol. The number of rotatable bonds is 5. The molecule has 0 saturated carbocycles. The van der Waals surface area contributed by atoms with Gasteiger partial charge in [0.25, 0.3) is 0 Å². The van der Waals surface area contributed by atoms with E-state index in [1.165, 1.54) is 19.1 Å². The van der Waals surface area contributed by atoms with Gasteiger partial charge in [0.05, 0.1) is 5.02 Å². The highest BCUT2D eigenvalue weighted by atomic mass is 35.5. The molecule has 2 aromatic carbocycles. The molecular formula is C19H16ClFN4O. The Morgan fingerprint density at radius 2 is 1.54 bits per heavy atom. The van der Waals surface area contributed by atoms with Crippen LogP contribution < -0.4 is 10.6 Å². The zero-order chi connectivity index (χ0) is 18.7. The molecule has 0 atom stereocenters. The predicted molar refractivity (Wildman–Crippen MR) is 101 cm³/mol. The molecule has 3 rings (SSSR count). The van der Waals surface area contributed by atoms with Crippen LogP contribution in [0.4, 0.5) is 27.4 Å². The highest BCUT2D eigenvalue weighted by Crippen LogP contribution is 2.24. The van der Waals surface area contributed by atoms with E-state index >= 15 is 0 Å². The van der Waals surface area contributed by atoms with Crippen LogP contribution in [0.15, 0.2) is 48.5 Å². The van der Waals surface area contributed by atoms with E-state index in [-0.39, 0.29) is 10.8 Å². The van der Waals surface area contributed by atoms with E-state index in [2.05, 4.69) is 20.6 Å². The molecular weight excluding hydrogens is 355 g/mol. The summed E-state index contributed by atoms with van der Waals surface area (Å²) in [6.45, 7) is 3.29. The zero-order valence-electron chi connectivity index (χ0n) is 14.2. The number of halogens is 2. The first kappa shape index (κ1) is 17.8. The minimum atomic E-state index is -0.479. The standard InChI is InChI=1S/C19H16ClFN4O/c1-11(26)13-3-5-14(6-4-13)24-18-10-19(23-12(2)22-18)25-15-7-8-17(21)16(20)9-15/h3-10H,1-2H3,(H2,22,23,24,25). The molecule has 7 heteroatoms. The number of benzene rings is 2. The minimum absolute atomic E-state index is 0.0128. The maximum atomic E-state index is 13.3. The lowest BCUT2D eigenvalue weighted by Crippen LogP contribution is -2.02. The number of carbonyl (C=O) groups is 1. The van der Waals surface area contributed by atoms with Gasteiger partial charge in [-0.15, -0.1) is 0 Å². The number of nitrogens with zero attached hydrogens (tertiary/aromatic N) is 2. The highest BCUT2D eigenvalue weighted by molar-refractivity contribution is 6.31. The molecule has 0 radical (unpaired) electrons. The summed E-state index contributed by atoms with van der Waals surface area (Å²) in [4.78, 5) is 20.0. The molecule has 0 spiro atoms. The molecule has 1 heterocycles. The molecule has 0 aliphatic heterocycles. The fraction of sp³-hybridized carbons (Fsp3) is 0.105. The zero-order valence-corrected chi connectivity index (χ0v) is 14.9. The number of hydrogen-bond donors (Lipinski definition) is 2. The third-order valence-corrected chi connectivity index (χ3v) is 3.88. The SMILES string of the molecule is CC(=O)c1ccc(Nc2cc(Nc3ccc(F)c(Cl)c3)nc(C)n2)cc1. The lowest BCUT2D eigenvalue weighted by Gasteiger charge is -2.11. The van der Waals surface area contributed by atoms with E-state index in [0.717, 1.165) is 5.69 Å². The lowest BCUT2D eigenvalue weighted by molar-refractivity contribution is 0.101. The maximum absolute atomic E-state index is 13.3. The van der Waals surface area contributed by atoms with E-state index in [0.29, 0.717) is 28.7 Å². The van der Waals surface area contributed by atoms with Crippen LogP contribution in [-0.4, -0.2) is 15.8 Å². The van der Waals surface area contributed by atoms with Crippen molar-refractivity contribution in [3.8, 4) is 0 Å². The van der Waals surface area contributed by atoms with Crippen LogP contribution in [0, 0.1) is 12.7 Å². The second-order valence-electron chi connectivity index (χ2n) is 5.70. The van der Waals surface area contributed by atoms with Crippen molar-refractivity contribution in [2.75, 3.05) is 10.6 Å². The molecule has 0 aliphatic rings. The monoisotopic (exact) mass is 370 g/mol. The largest absolute Gasteiger partial charge is 0.340 e. The van der Waals surface area contributed by atoms with Crippen molar-refractivity contribution >= 4 is 40.4 Å². The summed E-state index contributed by atoms with van der Waals surface area (Å²) in [6.07, 6.45) is 0. The topological polar surface area (TPSA) is 66.9 Å². The van der Waals surface area contributed by atoms with Gasteiger partial charge in [0, 0.05) is 23.0 Å². The average Bonchev–Trinajstić information content (AvgIpc) is 2.58. The van der Waals surface area contributed by atoms with E-state index in [4.69, 9.17) is 11.6 Å². The molecule has 1 aromatic heterocycles. The molecule has 26 heavy (non-hydrogen) atoms. The first-order chi connectivity index (χ1) is 12.4. The van der Waals surface area contributed by atoms with Crippen molar-refractivity contribution in [3.05, 3.63) is 70.8 Å². The number of hydrogen-bond acceptors (Lipinski definition) is 5. The molecule has 0 aliphatic carbocycles. The first-order valence-electron chi connectivity index (χ1n) is 7.86. The summed E-state index contributed by atoms with van der Waals surface area (Å²) in [5.74, 6) is 1.23. The number of Topliss-reactive ketones (excluding diaryl/α,β-unsaturated/α-hetero) is 1. The van der Waals surface area contributed by atoms with E-state index < -0.39 is 5.82 Å². The smallest absolute Gasteiger partial charge is 0.159 e. The van der Waals surface area contributed by atoms with E-state index in [9.17, 15) is 9.18 Å². The van der Waals surface area contributed by atoms with E-state index in [1.54, 1.807) is 43.3 Å². The fourth-order valence-electron chi connectivity index (χ4n) is 2.35. The van der Waals surface area contributed by atoms with Crippen LogP contribution in [0.1, 0.15) is 23.1 Å². The number of anilines is 4. The Labute approximate surface area is 155 Å². The third kappa shape index (κ3) is 4.34. The van der Waals surface area contributed by atoms with Crippen LogP contribution in [0.25, 0.3) is 0 Å². The summed E-state index contributed by atoms with van der Waals surface area (Å²) >= 11 is 5.80. The van der Waals surface area contributed by atoms with Crippen LogP contribution in [0.5, 0.6) is 0 Å². The number of nitrogens with one attached hydrogen (secondary N) is 2. The molecule has 0 amide bonds.